The van der Waals surface area contributed by atoms with Gasteiger partial charge in [0, 0.05) is 63.6 Å². The van der Waals surface area contributed by atoms with Gasteiger partial charge >= 0.3 is 0 Å². The summed E-state index contributed by atoms with van der Waals surface area (Å²) in [5.41, 5.74) is 16.1. The molecule has 12 aromatic carbocycles. The Morgan fingerprint density at radius 3 is 1.18 bits per heavy atom. The van der Waals surface area contributed by atoms with Crippen molar-refractivity contribution in [3.63, 3.8) is 0 Å². The molecule has 0 atom stereocenters. The van der Waals surface area contributed by atoms with E-state index in [0.29, 0.717) is 22.4 Å². The Morgan fingerprint density at radius 1 is 0.275 bits per heavy atom. The molecule has 0 spiro atoms. The zero-order chi connectivity index (χ0) is 53.0. The molecule has 0 amide bonds. The highest BCUT2D eigenvalue weighted by atomic mass is 32.1. The Balaban J connectivity index is 1.18. The minimum absolute atomic E-state index is 0.419. The third-order valence-electron chi connectivity index (χ3n) is 16.2. The van der Waals surface area contributed by atoms with Crippen LogP contribution in [0.3, 0.4) is 0 Å². The Morgan fingerprint density at radius 2 is 0.662 bits per heavy atom. The summed E-state index contributed by atoms with van der Waals surface area (Å²) in [5, 5.41) is 33.6. The number of hydrogen-bond donors (Lipinski definition) is 0. The summed E-state index contributed by atoms with van der Waals surface area (Å²) in [4.78, 5) is 0. The van der Waals surface area contributed by atoms with Crippen LogP contribution in [0.15, 0.2) is 255 Å². The van der Waals surface area contributed by atoms with Crippen molar-refractivity contribution in [1.82, 2.24) is 9.13 Å². The van der Waals surface area contributed by atoms with Gasteiger partial charge in [-0.05, 0) is 56.6 Å². The third kappa shape index (κ3) is 6.71. The Labute approximate surface area is 468 Å². The predicted octanol–water partition coefficient (Wildman–Crippen LogP) is 20.7. The van der Waals surface area contributed by atoms with Gasteiger partial charge in [-0.25, -0.2) is 0 Å². The fourth-order valence-electron chi connectivity index (χ4n) is 12.8. The van der Waals surface area contributed by atoms with Gasteiger partial charge in [-0.15, -0.1) is 22.7 Å². The number of fused-ring (bicyclic) bond motifs is 14. The second kappa shape index (κ2) is 18.1. The Hall–Kier alpha value is -10.3. The van der Waals surface area contributed by atoms with E-state index >= 15 is 0 Å². The Bertz CT molecular complexity index is 5120. The number of thiophene rings is 2. The molecule has 0 fully saturated rings. The second-order valence-electron chi connectivity index (χ2n) is 20.4. The van der Waals surface area contributed by atoms with Crippen molar-refractivity contribution in [3.8, 4) is 79.1 Å². The van der Waals surface area contributed by atoms with Gasteiger partial charge < -0.3 is 9.13 Å². The number of para-hydroxylation sites is 1. The summed E-state index contributed by atoms with van der Waals surface area (Å²) in [6.45, 7) is 0. The van der Waals surface area contributed by atoms with Gasteiger partial charge in [-0.1, -0.05) is 243 Å². The SMILES string of the molecule is N#Cc1c(-c2ccccc2)c(C#N)c(-n2c3c(ccc4c5cccc(-c6ccccc6)c5sc43)c3ccc4c5cccc(-c6ccccc6)c5sc4c32)c(-c2ccccc2)c1-n1c2ccccc2c2ccc(-c3ccccc3)cc21. The largest absolute Gasteiger partial charge is 0.307 e. The van der Waals surface area contributed by atoms with E-state index in [9.17, 15) is 10.5 Å². The molecule has 80 heavy (non-hydrogen) atoms. The van der Waals surface area contributed by atoms with Crippen LogP contribution >= 0.6 is 22.7 Å². The summed E-state index contributed by atoms with van der Waals surface area (Å²) in [7, 11) is 0. The van der Waals surface area contributed by atoms with E-state index in [1.54, 1.807) is 0 Å². The average molecular weight is 1050 g/mol. The topological polar surface area (TPSA) is 57.4 Å². The number of aromatic nitrogens is 2. The molecule has 0 unspecified atom stereocenters. The van der Waals surface area contributed by atoms with Crippen molar-refractivity contribution in [2.75, 3.05) is 0 Å². The lowest BCUT2D eigenvalue weighted by atomic mass is 9.86. The molecular weight excluding hydrogens is 1010 g/mol. The van der Waals surface area contributed by atoms with E-state index in [1.807, 2.05) is 65.1 Å². The van der Waals surface area contributed by atoms with Gasteiger partial charge in [-0.3, -0.25) is 0 Å². The van der Waals surface area contributed by atoms with Crippen LogP contribution in [0, 0.1) is 22.7 Å². The fourth-order valence-corrected chi connectivity index (χ4v) is 15.5. The van der Waals surface area contributed by atoms with Crippen molar-refractivity contribution in [3.05, 3.63) is 266 Å². The summed E-state index contributed by atoms with van der Waals surface area (Å²) in [6, 6.07) is 95.9. The molecule has 16 aromatic rings. The van der Waals surface area contributed by atoms with Crippen molar-refractivity contribution in [2.45, 2.75) is 0 Å². The maximum Gasteiger partial charge on any atom is 0.102 e. The average Bonchev–Trinajstić information content (AvgIpc) is 4.22. The highest BCUT2D eigenvalue weighted by molar-refractivity contribution is 7.28. The van der Waals surface area contributed by atoms with Crippen LogP contribution in [0.2, 0.25) is 0 Å². The molecule has 0 aliphatic carbocycles. The minimum atomic E-state index is 0.419. The maximum atomic E-state index is 12.4. The molecular formula is C74H42N4S2. The first-order valence-electron chi connectivity index (χ1n) is 26.8. The van der Waals surface area contributed by atoms with Crippen LogP contribution in [-0.2, 0) is 0 Å². The summed E-state index contributed by atoms with van der Waals surface area (Å²) in [6.07, 6.45) is 0. The van der Waals surface area contributed by atoms with Crippen LogP contribution < -0.4 is 0 Å². The van der Waals surface area contributed by atoms with E-state index < -0.39 is 0 Å². The quantitative estimate of drug-likeness (QED) is 0.160. The smallest absolute Gasteiger partial charge is 0.102 e. The number of hydrogen-bond acceptors (Lipinski definition) is 4. The van der Waals surface area contributed by atoms with E-state index in [0.717, 1.165) is 108 Å². The predicted molar refractivity (Wildman–Crippen MR) is 338 cm³/mol. The molecule has 0 bridgehead atoms. The van der Waals surface area contributed by atoms with Crippen molar-refractivity contribution >= 4 is 107 Å². The first kappa shape index (κ1) is 45.8. The zero-order valence-corrected chi connectivity index (χ0v) is 44.5. The molecule has 0 radical (unpaired) electrons. The fraction of sp³-hybridized carbons (Fsp3) is 0. The molecule has 0 saturated heterocycles. The number of nitrogens with zero attached hydrogens (tertiary/aromatic N) is 4. The molecule has 4 nitrogen and oxygen atoms in total. The number of rotatable bonds is 7. The third-order valence-corrected chi connectivity index (χ3v) is 18.7. The maximum absolute atomic E-state index is 12.4. The van der Waals surface area contributed by atoms with Gasteiger partial charge in [0.25, 0.3) is 0 Å². The van der Waals surface area contributed by atoms with Crippen molar-refractivity contribution < 1.29 is 0 Å². The first-order chi connectivity index (χ1) is 39.7. The lowest BCUT2D eigenvalue weighted by Crippen LogP contribution is -2.11. The normalized spacial score (nSPS) is 11.7. The summed E-state index contributed by atoms with van der Waals surface area (Å²) < 4.78 is 9.43. The van der Waals surface area contributed by atoms with Gasteiger partial charge in [-0.2, -0.15) is 10.5 Å². The van der Waals surface area contributed by atoms with E-state index in [-0.39, 0.29) is 0 Å². The molecule has 370 valence electrons. The molecule has 16 rings (SSSR count). The van der Waals surface area contributed by atoms with Gasteiger partial charge in [0.2, 0.25) is 0 Å². The Kier molecular flexibility index (Phi) is 10.4. The molecule has 4 aromatic heterocycles. The lowest BCUT2D eigenvalue weighted by Gasteiger charge is -2.25. The molecule has 4 heterocycles. The minimum Gasteiger partial charge on any atom is -0.307 e. The molecule has 6 heteroatoms. The highest BCUT2D eigenvalue weighted by Crippen LogP contribution is 2.54. The first-order valence-corrected chi connectivity index (χ1v) is 28.4. The number of benzene rings is 12. The highest BCUT2D eigenvalue weighted by Gasteiger charge is 2.33. The van der Waals surface area contributed by atoms with Crippen molar-refractivity contribution in [1.29, 1.82) is 10.5 Å². The van der Waals surface area contributed by atoms with Gasteiger partial charge in [0.1, 0.15) is 12.1 Å². The molecule has 0 saturated carbocycles. The summed E-state index contributed by atoms with van der Waals surface area (Å²) in [5.74, 6) is 0. The standard InChI is InChI=1S/C74H42N4S2/c75-43-61-65(48-26-12-4-13-27-48)62(44-76)68(66(49-28-14-5-15-29-49)67(61)77-63-35-17-16-30-53(63)54-37-36-50(42-64(54)77)45-20-6-1-7-21-45)78-69-55(38-40-59-57-33-18-31-51(71(57)79-73(59)69)46-22-8-2-9-23-46)56-39-41-60-58-34-19-32-52(47-24-10-3-11-25-47)72(58)80-74(60)70(56)78/h1-42H. The lowest BCUT2D eigenvalue weighted by molar-refractivity contribution is 1.13. The van der Waals surface area contributed by atoms with Crippen LogP contribution in [0.25, 0.3) is 151 Å². The second-order valence-corrected chi connectivity index (χ2v) is 22.5. The van der Waals surface area contributed by atoms with E-state index in [4.69, 9.17) is 0 Å². The molecule has 0 aliphatic heterocycles. The van der Waals surface area contributed by atoms with Gasteiger partial charge in [0.15, 0.2) is 0 Å². The van der Waals surface area contributed by atoms with Crippen LogP contribution in [0.1, 0.15) is 11.1 Å². The van der Waals surface area contributed by atoms with E-state index in [1.165, 1.54) is 31.3 Å². The molecule has 0 aliphatic rings. The monoisotopic (exact) mass is 1050 g/mol. The van der Waals surface area contributed by atoms with E-state index in [2.05, 4.69) is 234 Å². The van der Waals surface area contributed by atoms with Gasteiger partial charge in [0.05, 0.1) is 54.0 Å². The van der Waals surface area contributed by atoms with Crippen LogP contribution in [0.4, 0.5) is 0 Å². The van der Waals surface area contributed by atoms with Crippen LogP contribution in [-0.4, -0.2) is 9.13 Å². The van der Waals surface area contributed by atoms with Crippen LogP contribution in [0.5, 0.6) is 0 Å². The zero-order valence-electron chi connectivity index (χ0n) is 42.9. The number of nitriles is 2. The van der Waals surface area contributed by atoms with Crippen molar-refractivity contribution in [2.24, 2.45) is 0 Å². The summed E-state index contributed by atoms with van der Waals surface area (Å²) >= 11 is 3.63. The molecule has 0 N–H and O–H groups in total.